The number of rotatable bonds is 2. The van der Waals surface area contributed by atoms with Crippen LogP contribution in [0.3, 0.4) is 0 Å². The Balaban J connectivity index is 1.94. The van der Waals surface area contributed by atoms with Gasteiger partial charge >= 0.3 is 0 Å². The minimum Gasteiger partial charge on any atom is -0.493 e. The van der Waals surface area contributed by atoms with Crippen molar-refractivity contribution in [2.45, 2.75) is 18.5 Å². The summed E-state index contributed by atoms with van der Waals surface area (Å²) >= 11 is 3.47. The van der Waals surface area contributed by atoms with Gasteiger partial charge in [-0.3, -0.25) is 0 Å². The molecule has 0 saturated carbocycles. The van der Waals surface area contributed by atoms with E-state index in [9.17, 15) is 4.39 Å². The number of ether oxygens (including phenoxy) is 1. The number of alkyl halides is 1. The number of hydrogen-bond acceptors (Lipinski definition) is 2. The zero-order valence-corrected chi connectivity index (χ0v) is 10.4. The minimum atomic E-state index is -1.08. The van der Waals surface area contributed by atoms with Gasteiger partial charge in [-0.05, 0) is 23.3 Å². The molecule has 0 radical (unpaired) electrons. The van der Waals surface area contributed by atoms with Crippen LogP contribution in [0.4, 0.5) is 4.39 Å². The molecule has 16 heavy (non-hydrogen) atoms. The maximum Gasteiger partial charge on any atom is 0.139 e. The molecule has 1 saturated heterocycles. The van der Waals surface area contributed by atoms with Gasteiger partial charge in [-0.25, -0.2) is 4.39 Å². The van der Waals surface area contributed by atoms with Gasteiger partial charge in [0.1, 0.15) is 11.4 Å². The molecule has 0 bridgehead atoms. The Labute approximate surface area is 102 Å². The highest BCUT2D eigenvalue weighted by atomic mass is 79.9. The van der Waals surface area contributed by atoms with Gasteiger partial charge < -0.3 is 10.1 Å². The third-order valence-corrected chi connectivity index (χ3v) is 3.67. The summed E-state index contributed by atoms with van der Waals surface area (Å²) in [6, 6.07) is 4.04. The van der Waals surface area contributed by atoms with E-state index in [4.69, 9.17) is 4.74 Å². The lowest BCUT2D eigenvalue weighted by molar-refractivity contribution is 0.0903. The largest absolute Gasteiger partial charge is 0.493 e. The maximum atomic E-state index is 14.1. The third-order valence-electron chi connectivity index (χ3n) is 3.22. The number of fused-ring (bicyclic) bond motifs is 1. The zero-order valence-electron chi connectivity index (χ0n) is 8.85. The molecule has 2 aliphatic rings. The summed E-state index contributed by atoms with van der Waals surface area (Å²) in [6.45, 7) is 1.62. The monoisotopic (exact) mass is 285 g/mol. The SMILES string of the molecule is FC1(Cc2cc(Br)cc3c2OCC3)CNC1. The van der Waals surface area contributed by atoms with Crippen LogP contribution in [0.2, 0.25) is 0 Å². The van der Waals surface area contributed by atoms with Crippen LogP contribution in [0.5, 0.6) is 5.75 Å². The highest BCUT2D eigenvalue weighted by molar-refractivity contribution is 9.10. The molecule has 1 aromatic rings. The summed E-state index contributed by atoms with van der Waals surface area (Å²) in [5.41, 5.74) is 1.10. The topological polar surface area (TPSA) is 21.3 Å². The number of halogens is 2. The minimum absolute atomic E-state index is 0.446. The molecule has 2 heterocycles. The Hall–Kier alpha value is -0.610. The standard InChI is InChI=1S/C12H13BrFNO/c13-10-3-8-1-2-16-11(8)9(4-10)5-12(14)6-15-7-12/h3-4,15H,1-2,5-7H2. The molecule has 2 nitrogen and oxygen atoms in total. The van der Waals surface area contributed by atoms with Gasteiger partial charge in [-0.2, -0.15) is 0 Å². The van der Waals surface area contributed by atoms with Gasteiger partial charge in [0.15, 0.2) is 0 Å². The molecule has 86 valence electrons. The third kappa shape index (κ3) is 1.74. The second-order valence-corrected chi connectivity index (χ2v) is 5.50. The Kier molecular flexibility index (Phi) is 2.44. The molecule has 0 spiro atoms. The second-order valence-electron chi connectivity index (χ2n) is 4.58. The number of benzene rings is 1. The van der Waals surface area contributed by atoms with Gasteiger partial charge in [-0.1, -0.05) is 15.9 Å². The Bertz CT molecular complexity index is 431. The fourth-order valence-corrected chi connectivity index (χ4v) is 2.89. The van der Waals surface area contributed by atoms with E-state index in [0.717, 1.165) is 28.8 Å². The molecule has 2 aliphatic heterocycles. The van der Waals surface area contributed by atoms with E-state index in [0.29, 0.717) is 19.5 Å². The molecule has 3 rings (SSSR count). The highest BCUT2D eigenvalue weighted by Crippen LogP contribution is 2.36. The van der Waals surface area contributed by atoms with Crippen LogP contribution in [0.1, 0.15) is 11.1 Å². The van der Waals surface area contributed by atoms with Crippen LogP contribution >= 0.6 is 15.9 Å². The Morgan fingerprint density at radius 1 is 1.44 bits per heavy atom. The van der Waals surface area contributed by atoms with Gasteiger partial charge in [0.2, 0.25) is 0 Å². The Morgan fingerprint density at radius 3 is 2.94 bits per heavy atom. The summed E-state index contributed by atoms with van der Waals surface area (Å²) in [5.74, 6) is 0.909. The van der Waals surface area contributed by atoms with Crippen LogP contribution in [-0.2, 0) is 12.8 Å². The predicted molar refractivity (Wildman–Crippen MR) is 63.8 cm³/mol. The molecule has 0 aromatic heterocycles. The Morgan fingerprint density at radius 2 is 2.25 bits per heavy atom. The average Bonchev–Trinajstić information content (AvgIpc) is 2.63. The van der Waals surface area contributed by atoms with E-state index in [2.05, 4.69) is 27.3 Å². The molecule has 1 aromatic carbocycles. The van der Waals surface area contributed by atoms with Crippen molar-refractivity contribution in [2.75, 3.05) is 19.7 Å². The zero-order chi connectivity index (χ0) is 11.2. The first-order chi connectivity index (χ1) is 7.66. The normalized spacial score (nSPS) is 21.1. The highest BCUT2D eigenvalue weighted by Gasteiger charge is 2.38. The molecule has 0 atom stereocenters. The lowest BCUT2D eigenvalue weighted by atomic mass is 9.90. The van der Waals surface area contributed by atoms with Crippen LogP contribution in [-0.4, -0.2) is 25.4 Å². The molecule has 1 fully saturated rings. The average molecular weight is 286 g/mol. The van der Waals surface area contributed by atoms with E-state index in [1.165, 1.54) is 5.56 Å². The first kappa shape index (κ1) is 10.5. The molecule has 0 unspecified atom stereocenters. The summed E-state index contributed by atoms with van der Waals surface area (Å²) in [4.78, 5) is 0. The van der Waals surface area contributed by atoms with Gasteiger partial charge in [0, 0.05) is 30.4 Å². The summed E-state index contributed by atoms with van der Waals surface area (Å²) in [5, 5.41) is 2.98. The van der Waals surface area contributed by atoms with Crippen molar-refractivity contribution < 1.29 is 9.13 Å². The molecule has 0 aliphatic carbocycles. The summed E-state index contributed by atoms with van der Waals surface area (Å²) in [6.07, 6.45) is 1.38. The van der Waals surface area contributed by atoms with Crippen molar-refractivity contribution in [2.24, 2.45) is 0 Å². The lowest BCUT2D eigenvalue weighted by Gasteiger charge is -2.35. The van der Waals surface area contributed by atoms with Crippen molar-refractivity contribution in [1.82, 2.24) is 5.32 Å². The molecule has 0 amide bonds. The first-order valence-corrected chi connectivity index (χ1v) is 6.29. The van der Waals surface area contributed by atoms with Gasteiger partial charge in [-0.15, -0.1) is 0 Å². The van der Waals surface area contributed by atoms with Crippen LogP contribution in [0.25, 0.3) is 0 Å². The van der Waals surface area contributed by atoms with E-state index in [1.807, 2.05) is 6.07 Å². The predicted octanol–water partition coefficient (Wildman–Crippen LogP) is 2.24. The van der Waals surface area contributed by atoms with Gasteiger partial charge in [0.05, 0.1) is 6.61 Å². The van der Waals surface area contributed by atoms with Crippen molar-refractivity contribution in [3.05, 3.63) is 27.7 Å². The van der Waals surface area contributed by atoms with Crippen LogP contribution in [0, 0.1) is 0 Å². The first-order valence-electron chi connectivity index (χ1n) is 5.50. The van der Waals surface area contributed by atoms with Crippen molar-refractivity contribution in [1.29, 1.82) is 0 Å². The summed E-state index contributed by atoms with van der Waals surface area (Å²) in [7, 11) is 0. The van der Waals surface area contributed by atoms with Crippen molar-refractivity contribution in [3.63, 3.8) is 0 Å². The molecular weight excluding hydrogens is 273 g/mol. The molecular formula is C12H13BrFNO. The maximum absolute atomic E-state index is 14.1. The van der Waals surface area contributed by atoms with E-state index in [-0.39, 0.29) is 0 Å². The van der Waals surface area contributed by atoms with Crippen LogP contribution in [0.15, 0.2) is 16.6 Å². The number of nitrogens with one attached hydrogen (secondary N) is 1. The quantitative estimate of drug-likeness (QED) is 0.900. The fourth-order valence-electron chi connectivity index (χ4n) is 2.34. The van der Waals surface area contributed by atoms with E-state index >= 15 is 0 Å². The van der Waals surface area contributed by atoms with Crippen LogP contribution < -0.4 is 10.1 Å². The second kappa shape index (κ2) is 3.70. The molecule has 4 heteroatoms. The summed E-state index contributed by atoms with van der Waals surface area (Å²) < 4.78 is 20.7. The van der Waals surface area contributed by atoms with E-state index < -0.39 is 5.67 Å². The lowest BCUT2D eigenvalue weighted by Crippen LogP contribution is -2.57. The smallest absolute Gasteiger partial charge is 0.139 e. The van der Waals surface area contributed by atoms with Crippen molar-refractivity contribution >= 4 is 15.9 Å². The van der Waals surface area contributed by atoms with Gasteiger partial charge in [0.25, 0.3) is 0 Å². The molecule has 1 N–H and O–H groups in total. The fraction of sp³-hybridized carbons (Fsp3) is 0.500. The number of hydrogen-bond donors (Lipinski definition) is 1. The van der Waals surface area contributed by atoms with Crippen molar-refractivity contribution in [3.8, 4) is 5.75 Å². The van der Waals surface area contributed by atoms with E-state index in [1.54, 1.807) is 0 Å².